The molecule has 0 unspecified atom stereocenters. The number of rotatable bonds is 7. The maximum atomic E-state index is 12.9. The fraction of sp³-hybridized carbons (Fsp3) is 0.182. The molecule has 8 nitrogen and oxygen atoms in total. The first-order valence-electron chi connectivity index (χ1n) is 9.19. The van der Waals surface area contributed by atoms with Crippen molar-refractivity contribution in [2.45, 2.75) is 13.5 Å². The van der Waals surface area contributed by atoms with E-state index >= 15 is 0 Å². The van der Waals surface area contributed by atoms with Crippen molar-refractivity contribution in [1.29, 1.82) is 0 Å². The zero-order chi connectivity index (χ0) is 21.7. The summed E-state index contributed by atoms with van der Waals surface area (Å²) in [5, 5.41) is 10.7. The zero-order valence-electron chi connectivity index (χ0n) is 16.5. The van der Waals surface area contributed by atoms with E-state index in [-0.39, 0.29) is 18.7 Å². The van der Waals surface area contributed by atoms with E-state index in [0.717, 1.165) is 4.90 Å². The van der Waals surface area contributed by atoms with Crippen molar-refractivity contribution in [2.75, 3.05) is 13.7 Å². The van der Waals surface area contributed by atoms with Crippen molar-refractivity contribution in [3.8, 4) is 5.75 Å². The molecule has 2 aromatic carbocycles. The summed E-state index contributed by atoms with van der Waals surface area (Å²) in [4.78, 5) is 42.5. The second-order valence-electron chi connectivity index (χ2n) is 6.29. The molecule has 0 aliphatic carbocycles. The van der Waals surface area contributed by atoms with Gasteiger partial charge in [-0.05, 0) is 24.6 Å². The monoisotopic (exact) mass is 408 g/mol. The van der Waals surface area contributed by atoms with Crippen LogP contribution in [-0.2, 0) is 20.9 Å². The van der Waals surface area contributed by atoms with Crippen molar-refractivity contribution >= 4 is 29.4 Å². The van der Waals surface area contributed by atoms with Crippen LogP contribution in [0.2, 0.25) is 0 Å². The van der Waals surface area contributed by atoms with Gasteiger partial charge in [0.05, 0.1) is 20.3 Å². The molecule has 0 radical (unpaired) electrons. The Morgan fingerprint density at radius 2 is 1.73 bits per heavy atom. The van der Waals surface area contributed by atoms with Crippen LogP contribution in [0.25, 0.3) is 5.76 Å². The first-order valence-corrected chi connectivity index (χ1v) is 9.19. The Labute approximate surface area is 173 Å². The highest BCUT2D eigenvalue weighted by Crippen LogP contribution is 2.24. The molecule has 3 rings (SSSR count). The smallest absolute Gasteiger partial charge is 0.351 e. The van der Waals surface area contributed by atoms with E-state index < -0.39 is 35.0 Å². The van der Waals surface area contributed by atoms with Crippen LogP contribution in [0, 0.1) is 0 Å². The van der Waals surface area contributed by atoms with Gasteiger partial charge in [0.15, 0.2) is 5.71 Å². The maximum Gasteiger partial charge on any atom is 0.351 e. The van der Waals surface area contributed by atoms with Crippen LogP contribution in [0.1, 0.15) is 18.1 Å². The number of aliphatic hydroxyl groups is 1. The number of ether oxygens (including phenoxy) is 2. The quantitative estimate of drug-likeness (QED) is 0.429. The number of aliphatic hydroxyl groups excluding tert-OH is 1. The first kappa shape index (κ1) is 20.8. The number of amides is 3. The van der Waals surface area contributed by atoms with Crippen molar-refractivity contribution in [3.63, 3.8) is 0 Å². The van der Waals surface area contributed by atoms with Crippen LogP contribution < -0.4 is 4.74 Å². The molecule has 30 heavy (non-hydrogen) atoms. The van der Waals surface area contributed by atoms with Gasteiger partial charge in [-0.2, -0.15) is 4.99 Å². The van der Waals surface area contributed by atoms with Crippen LogP contribution in [-0.4, -0.2) is 47.3 Å². The average Bonchev–Trinajstić information content (AvgIpc) is 3.03. The van der Waals surface area contributed by atoms with Crippen molar-refractivity contribution in [2.24, 2.45) is 4.99 Å². The maximum absolute atomic E-state index is 12.9. The fourth-order valence-electron chi connectivity index (χ4n) is 2.88. The number of esters is 1. The van der Waals surface area contributed by atoms with Gasteiger partial charge in [-0.1, -0.05) is 42.5 Å². The third kappa shape index (κ3) is 4.22. The molecule has 154 valence electrons. The van der Waals surface area contributed by atoms with E-state index in [1.807, 2.05) is 0 Å². The van der Waals surface area contributed by atoms with Crippen LogP contribution in [0.4, 0.5) is 4.79 Å². The topological polar surface area (TPSA) is 106 Å². The summed E-state index contributed by atoms with van der Waals surface area (Å²) in [5.74, 6) is -1.58. The second-order valence-corrected chi connectivity index (χ2v) is 6.29. The van der Waals surface area contributed by atoms with Gasteiger partial charge in [-0.15, -0.1) is 0 Å². The molecule has 0 spiro atoms. The summed E-state index contributed by atoms with van der Waals surface area (Å²) in [7, 11) is 1.53. The van der Waals surface area contributed by atoms with E-state index in [0.29, 0.717) is 11.3 Å². The highest BCUT2D eigenvalue weighted by atomic mass is 16.5. The SMILES string of the molecule is CCOC(=O)C(C1=NC(=O)N(Cc2ccc(OC)cc2)C1=O)=C(O)c1ccccc1. The van der Waals surface area contributed by atoms with Gasteiger partial charge in [0.25, 0.3) is 5.91 Å². The van der Waals surface area contributed by atoms with Gasteiger partial charge >= 0.3 is 12.0 Å². The van der Waals surface area contributed by atoms with Gasteiger partial charge in [-0.25, -0.2) is 9.59 Å². The summed E-state index contributed by atoms with van der Waals surface area (Å²) in [6.45, 7) is 1.57. The number of carbonyl (C=O) groups is 3. The Kier molecular flexibility index (Phi) is 6.26. The number of hydrogen-bond acceptors (Lipinski definition) is 6. The molecular formula is C22H20N2O6. The zero-order valence-corrected chi connectivity index (χ0v) is 16.5. The summed E-state index contributed by atoms with van der Waals surface area (Å²) >= 11 is 0. The van der Waals surface area contributed by atoms with Gasteiger partial charge < -0.3 is 14.6 Å². The average molecular weight is 408 g/mol. The fourth-order valence-corrected chi connectivity index (χ4v) is 2.88. The number of benzene rings is 2. The van der Waals surface area contributed by atoms with E-state index in [1.165, 1.54) is 7.11 Å². The van der Waals surface area contributed by atoms with E-state index in [9.17, 15) is 19.5 Å². The Balaban J connectivity index is 1.94. The molecule has 0 bridgehead atoms. The minimum atomic E-state index is -0.940. The van der Waals surface area contributed by atoms with Gasteiger partial charge in [-0.3, -0.25) is 9.69 Å². The van der Waals surface area contributed by atoms with Crippen LogP contribution in [0.15, 0.2) is 65.2 Å². The summed E-state index contributed by atoms with van der Waals surface area (Å²) in [6.07, 6.45) is 0. The highest BCUT2D eigenvalue weighted by Gasteiger charge is 2.39. The molecule has 0 saturated heterocycles. The molecule has 0 fully saturated rings. The molecule has 1 aliphatic heterocycles. The summed E-state index contributed by atoms with van der Waals surface area (Å²) < 4.78 is 10.1. The van der Waals surface area contributed by atoms with Crippen LogP contribution in [0.3, 0.4) is 0 Å². The molecule has 1 N–H and O–H groups in total. The van der Waals surface area contributed by atoms with Gasteiger partial charge in [0.1, 0.15) is 17.1 Å². The Morgan fingerprint density at radius 3 is 2.33 bits per heavy atom. The Morgan fingerprint density at radius 1 is 1.07 bits per heavy atom. The molecule has 1 aliphatic rings. The molecule has 0 aromatic heterocycles. The molecule has 1 heterocycles. The number of nitrogens with zero attached hydrogens (tertiary/aromatic N) is 2. The molecule has 2 aromatic rings. The standard InChI is InChI=1S/C22H20N2O6/c1-3-30-21(27)17(19(25)15-7-5-4-6-8-15)18-20(26)24(22(28)23-18)13-14-9-11-16(29-2)12-10-14/h4-12,25H,3,13H2,1-2H3. The third-order valence-electron chi connectivity index (χ3n) is 4.39. The third-order valence-corrected chi connectivity index (χ3v) is 4.39. The van der Waals surface area contributed by atoms with Crippen molar-refractivity contribution in [1.82, 2.24) is 4.90 Å². The lowest BCUT2D eigenvalue weighted by atomic mass is 10.0. The second kappa shape index (κ2) is 9.04. The van der Waals surface area contributed by atoms with Crippen LogP contribution >= 0.6 is 0 Å². The van der Waals surface area contributed by atoms with E-state index in [2.05, 4.69) is 4.99 Å². The largest absolute Gasteiger partial charge is 0.506 e. The Hall–Kier alpha value is -3.94. The molecule has 3 amide bonds. The minimum Gasteiger partial charge on any atom is -0.506 e. The van der Waals surface area contributed by atoms with Gasteiger partial charge in [0.2, 0.25) is 0 Å². The number of hydrogen-bond donors (Lipinski definition) is 1. The molecule has 8 heteroatoms. The number of carbonyl (C=O) groups excluding carboxylic acids is 3. The van der Waals surface area contributed by atoms with Crippen molar-refractivity contribution < 1.29 is 29.0 Å². The number of urea groups is 1. The predicted octanol–water partition coefficient (Wildman–Crippen LogP) is 3.13. The van der Waals surface area contributed by atoms with Crippen LogP contribution in [0.5, 0.6) is 5.75 Å². The number of imide groups is 1. The van der Waals surface area contributed by atoms with Gasteiger partial charge in [0, 0.05) is 5.56 Å². The van der Waals surface area contributed by atoms with E-state index in [1.54, 1.807) is 61.5 Å². The normalized spacial score (nSPS) is 14.3. The molecule has 0 atom stereocenters. The number of aliphatic imine (C=N–C) groups is 1. The lowest BCUT2D eigenvalue weighted by Crippen LogP contribution is -2.34. The molecular weight excluding hydrogens is 388 g/mol. The summed E-state index contributed by atoms with van der Waals surface area (Å²) in [5.41, 5.74) is 0.0620. The Bertz CT molecular complexity index is 1030. The summed E-state index contributed by atoms with van der Waals surface area (Å²) in [6, 6.07) is 14.2. The van der Waals surface area contributed by atoms with Crippen molar-refractivity contribution in [3.05, 3.63) is 71.3 Å². The van der Waals surface area contributed by atoms with E-state index in [4.69, 9.17) is 9.47 Å². The highest BCUT2D eigenvalue weighted by molar-refractivity contribution is 6.57. The predicted molar refractivity (Wildman–Crippen MR) is 109 cm³/mol. The first-order chi connectivity index (χ1) is 14.5. The number of methoxy groups -OCH3 is 1. The lowest BCUT2D eigenvalue weighted by molar-refractivity contribution is -0.138. The minimum absolute atomic E-state index is 0.0232. The lowest BCUT2D eigenvalue weighted by Gasteiger charge is -2.14. The molecule has 0 saturated carbocycles.